The third kappa shape index (κ3) is 23.2. The molecule has 2 nitrogen and oxygen atoms in total. The first-order valence-corrected chi connectivity index (χ1v) is 8.62. The van der Waals surface area contributed by atoms with Crippen molar-refractivity contribution in [2.45, 2.75) is 96.8 Å². The molecule has 3 heteroatoms. The third-order valence-corrected chi connectivity index (χ3v) is 3.64. The predicted molar refractivity (Wildman–Crippen MR) is 84.5 cm³/mol. The summed E-state index contributed by atoms with van der Waals surface area (Å²) in [4.78, 5) is 10.2. The maximum absolute atomic E-state index is 10.2. The largest absolute Gasteiger partial charge is 1.00 e. The van der Waals surface area contributed by atoms with Gasteiger partial charge in [-0.05, 0) is 38.5 Å². The van der Waals surface area contributed by atoms with E-state index in [9.17, 15) is 9.90 Å². The third-order valence-electron chi connectivity index (χ3n) is 3.64. The van der Waals surface area contributed by atoms with Crippen LogP contribution in [0.2, 0.25) is 0 Å². The van der Waals surface area contributed by atoms with Crippen molar-refractivity contribution in [1.29, 1.82) is 0 Å². The number of hydrogen-bond donors (Lipinski definition) is 0. The van der Waals surface area contributed by atoms with Crippen molar-refractivity contribution in [1.82, 2.24) is 0 Å². The van der Waals surface area contributed by atoms with E-state index in [0.717, 1.165) is 19.3 Å². The molecule has 0 unspecified atom stereocenters. The van der Waals surface area contributed by atoms with E-state index < -0.39 is 5.97 Å². The quantitative estimate of drug-likeness (QED) is 0.200. The number of allylic oxidation sites excluding steroid dienone is 2. The molecule has 0 aromatic rings. The van der Waals surface area contributed by atoms with Crippen LogP contribution in [0.3, 0.4) is 0 Å². The molecule has 21 heavy (non-hydrogen) atoms. The Morgan fingerprint density at radius 3 is 1.67 bits per heavy atom. The van der Waals surface area contributed by atoms with E-state index in [1.807, 2.05) is 0 Å². The fourth-order valence-electron chi connectivity index (χ4n) is 2.34. The Hall–Kier alpha value is 0.846. The summed E-state index contributed by atoms with van der Waals surface area (Å²) in [5.74, 6) is -0.914. The molecule has 0 N–H and O–H groups in total. The van der Waals surface area contributed by atoms with E-state index in [1.165, 1.54) is 64.2 Å². The van der Waals surface area contributed by atoms with Crippen LogP contribution < -0.4 is 56.5 Å². The van der Waals surface area contributed by atoms with Gasteiger partial charge in [0.15, 0.2) is 0 Å². The van der Waals surface area contributed by atoms with Gasteiger partial charge in [-0.25, -0.2) is 0 Å². The summed E-state index contributed by atoms with van der Waals surface area (Å²) >= 11 is 0. The van der Waals surface area contributed by atoms with E-state index in [2.05, 4.69) is 19.1 Å². The molecule has 118 valence electrons. The summed E-state index contributed by atoms with van der Waals surface area (Å²) in [5, 5.41) is 10.2. The number of hydrogen-bond acceptors (Lipinski definition) is 2. The Kier molecular flexibility index (Phi) is 23.9. The number of carboxylic acid groups (broad SMARTS) is 1. The number of rotatable bonds is 15. The molecular weight excluding hydrogens is 288 g/mol. The second kappa shape index (κ2) is 20.8. The van der Waals surface area contributed by atoms with Crippen LogP contribution in [-0.4, -0.2) is 5.97 Å². The number of carbonyl (C=O) groups is 1. The summed E-state index contributed by atoms with van der Waals surface area (Å²) in [7, 11) is 0. The van der Waals surface area contributed by atoms with E-state index in [1.54, 1.807) is 0 Å². The Morgan fingerprint density at radius 2 is 1.19 bits per heavy atom. The van der Waals surface area contributed by atoms with Crippen molar-refractivity contribution < 1.29 is 61.3 Å². The Labute approximate surface area is 174 Å². The molecule has 0 rings (SSSR count). The second-order valence-electron chi connectivity index (χ2n) is 5.71. The topological polar surface area (TPSA) is 40.1 Å². The Morgan fingerprint density at radius 1 is 0.762 bits per heavy atom. The molecule has 0 amide bonds. The van der Waals surface area contributed by atoms with Gasteiger partial charge < -0.3 is 9.90 Å². The molecule has 0 bridgehead atoms. The maximum Gasteiger partial charge on any atom is 1.00 e. The van der Waals surface area contributed by atoms with Gasteiger partial charge in [-0.3, -0.25) is 0 Å². The Bertz CT molecular complexity index is 239. The molecule has 0 saturated heterocycles. The molecule has 0 aliphatic heterocycles. The van der Waals surface area contributed by atoms with Crippen LogP contribution in [-0.2, 0) is 4.79 Å². The molecule has 0 fully saturated rings. The fourth-order valence-corrected chi connectivity index (χ4v) is 2.34. The van der Waals surface area contributed by atoms with E-state index in [4.69, 9.17) is 0 Å². The zero-order chi connectivity index (χ0) is 14.9. The summed E-state index contributed by atoms with van der Waals surface area (Å²) in [6.45, 7) is 2.26. The SMILES string of the molecule is CCCCCCCC/C=C\CCCCCCC[13C](=O)[O-].[K+]. The number of unbranched alkanes of at least 4 members (excludes halogenated alkanes) is 11. The van der Waals surface area contributed by atoms with Gasteiger partial charge in [-0.2, -0.15) is 0 Å². The standard InChI is InChI=1S/C18H34O2.K/c1-2-3-4-5-6-7-8-9-10-11-12-13-14-15-16-17-18(19)20;/h9-10H,2-8,11-17H2,1H3,(H,19,20);/q;+1/p-1/b10-9-;/i18+1;. The van der Waals surface area contributed by atoms with E-state index in [0.29, 0.717) is 0 Å². The van der Waals surface area contributed by atoms with E-state index >= 15 is 0 Å². The van der Waals surface area contributed by atoms with Crippen LogP contribution in [0.1, 0.15) is 96.8 Å². The van der Waals surface area contributed by atoms with Crippen molar-refractivity contribution in [2.75, 3.05) is 0 Å². The van der Waals surface area contributed by atoms with Gasteiger partial charge in [0.1, 0.15) is 0 Å². The van der Waals surface area contributed by atoms with Crippen LogP contribution in [0.15, 0.2) is 12.2 Å². The second-order valence-corrected chi connectivity index (χ2v) is 5.71. The monoisotopic (exact) mass is 321 g/mol. The molecule has 0 heterocycles. The fraction of sp³-hybridized carbons (Fsp3) is 0.833. The molecule has 0 saturated carbocycles. The van der Waals surface area contributed by atoms with Crippen LogP contribution >= 0.6 is 0 Å². The molecular formula is C18H33KO2. The van der Waals surface area contributed by atoms with Gasteiger partial charge >= 0.3 is 51.4 Å². The van der Waals surface area contributed by atoms with Gasteiger partial charge in [0.25, 0.3) is 0 Å². The minimum atomic E-state index is -0.914. The zero-order valence-corrected chi connectivity index (χ0v) is 17.5. The zero-order valence-electron chi connectivity index (χ0n) is 14.4. The average molecular weight is 322 g/mol. The number of carbonyl (C=O) groups excluding carboxylic acids is 1. The smallest absolute Gasteiger partial charge is 0.550 e. The van der Waals surface area contributed by atoms with Crippen molar-refractivity contribution in [3.05, 3.63) is 12.2 Å². The van der Waals surface area contributed by atoms with Crippen LogP contribution in [0.5, 0.6) is 0 Å². The molecule has 0 spiro atoms. The summed E-state index contributed by atoms with van der Waals surface area (Å²) in [6.07, 6.45) is 20.9. The number of carboxylic acids is 1. The molecule has 0 aromatic heterocycles. The van der Waals surface area contributed by atoms with Gasteiger partial charge in [-0.15, -0.1) is 0 Å². The first-order valence-electron chi connectivity index (χ1n) is 8.62. The predicted octanol–water partition coefficient (Wildman–Crippen LogP) is 1.78. The first kappa shape index (κ1) is 24.1. The van der Waals surface area contributed by atoms with Crippen molar-refractivity contribution in [2.24, 2.45) is 0 Å². The van der Waals surface area contributed by atoms with Crippen LogP contribution in [0, 0.1) is 0 Å². The summed E-state index contributed by atoms with van der Waals surface area (Å²) in [6, 6.07) is 0. The Balaban J connectivity index is 0. The number of aliphatic carboxylic acids is 1. The summed E-state index contributed by atoms with van der Waals surface area (Å²) < 4.78 is 0. The van der Waals surface area contributed by atoms with Gasteiger partial charge in [0, 0.05) is 5.97 Å². The average Bonchev–Trinajstić information content (AvgIpc) is 2.43. The molecule has 0 aromatic carbocycles. The van der Waals surface area contributed by atoms with Gasteiger partial charge in [0.2, 0.25) is 0 Å². The molecule has 0 atom stereocenters. The van der Waals surface area contributed by atoms with Crippen LogP contribution in [0.4, 0.5) is 0 Å². The molecule has 0 aliphatic carbocycles. The van der Waals surface area contributed by atoms with Crippen molar-refractivity contribution in [3.63, 3.8) is 0 Å². The minimum Gasteiger partial charge on any atom is -0.550 e. The first-order chi connectivity index (χ1) is 9.77. The van der Waals surface area contributed by atoms with Gasteiger partial charge in [0.05, 0.1) is 0 Å². The summed E-state index contributed by atoms with van der Waals surface area (Å²) in [5.41, 5.74) is 0. The maximum atomic E-state index is 10.2. The van der Waals surface area contributed by atoms with Crippen molar-refractivity contribution in [3.8, 4) is 0 Å². The molecule has 0 aliphatic rings. The molecule has 0 radical (unpaired) electrons. The van der Waals surface area contributed by atoms with Crippen LogP contribution in [0.25, 0.3) is 0 Å². The van der Waals surface area contributed by atoms with Gasteiger partial charge in [-0.1, -0.05) is 70.4 Å². The minimum absolute atomic E-state index is 0. The van der Waals surface area contributed by atoms with E-state index in [-0.39, 0.29) is 57.8 Å². The normalized spacial score (nSPS) is 10.7. The van der Waals surface area contributed by atoms with Crippen molar-refractivity contribution >= 4 is 5.97 Å².